The molecule has 3 N–H and O–H groups in total. The van der Waals surface area contributed by atoms with E-state index in [0.717, 1.165) is 11.1 Å². The Kier molecular flexibility index (Phi) is 5.05. The molecule has 0 aromatic carbocycles. The largest absolute Gasteiger partial charge is 0.481 e. The number of pyridine rings is 1. The van der Waals surface area contributed by atoms with Gasteiger partial charge in [-0.1, -0.05) is 0 Å². The summed E-state index contributed by atoms with van der Waals surface area (Å²) >= 11 is 0. The Balaban J connectivity index is 1.63. The van der Waals surface area contributed by atoms with Crippen molar-refractivity contribution in [3.05, 3.63) is 67.0 Å². The molecular weight excluding hydrogens is 428 g/mol. The normalized spacial score (nSPS) is 17.2. The molecule has 0 amide bonds. The van der Waals surface area contributed by atoms with Gasteiger partial charge in [0.1, 0.15) is 23.2 Å². The lowest BCUT2D eigenvalue weighted by Gasteiger charge is -2.19. The zero-order chi connectivity index (χ0) is 23.0. The maximum Gasteiger partial charge on any atom is 0.325 e. The van der Waals surface area contributed by atoms with Gasteiger partial charge in [-0.15, -0.1) is 0 Å². The van der Waals surface area contributed by atoms with Gasteiger partial charge in [0.05, 0.1) is 30.5 Å². The Morgan fingerprint density at radius 3 is 2.75 bits per heavy atom. The molecule has 11 nitrogen and oxygen atoms in total. The molecule has 4 rings (SSSR count). The van der Waals surface area contributed by atoms with E-state index in [2.05, 4.69) is 20.2 Å². The number of H-pyrrole nitrogens is 3. The van der Waals surface area contributed by atoms with Crippen LogP contribution in [0.4, 0.5) is 14.5 Å². The zero-order valence-corrected chi connectivity index (χ0v) is 16.5. The SMILES string of the molecule is Cc1cc(OC2CN(c3cc(-c4c[nH]c(=O)[nH]c4=O)n[nH]c3=O)CC2(F)F)cnc1C#N. The monoisotopic (exact) mass is 443 g/mol. The van der Waals surface area contributed by atoms with E-state index in [1.165, 1.54) is 18.3 Å². The van der Waals surface area contributed by atoms with Crippen molar-refractivity contribution in [3.63, 3.8) is 0 Å². The molecule has 1 fully saturated rings. The number of nitrogens with zero attached hydrogens (tertiary/aromatic N) is 4. The van der Waals surface area contributed by atoms with Crippen molar-refractivity contribution < 1.29 is 13.5 Å². The molecule has 1 aliphatic heterocycles. The van der Waals surface area contributed by atoms with Gasteiger partial charge in [-0.3, -0.25) is 14.6 Å². The summed E-state index contributed by atoms with van der Waals surface area (Å²) in [4.78, 5) is 44.8. The minimum Gasteiger partial charge on any atom is -0.481 e. The van der Waals surface area contributed by atoms with Crippen LogP contribution in [0.25, 0.3) is 11.3 Å². The van der Waals surface area contributed by atoms with Crippen molar-refractivity contribution in [2.24, 2.45) is 0 Å². The van der Waals surface area contributed by atoms with Gasteiger partial charge in [0.15, 0.2) is 6.10 Å². The minimum atomic E-state index is -3.31. The molecule has 0 aliphatic carbocycles. The Labute approximate surface area is 177 Å². The average Bonchev–Trinajstić information content (AvgIpc) is 3.03. The first kappa shape index (κ1) is 20.9. The molecule has 164 valence electrons. The third-order valence-corrected chi connectivity index (χ3v) is 4.92. The van der Waals surface area contributed by atoms with Crippen LogP contribution in [0.1, 0.15) is 11.3 Å². The van der Waals surface area contributed by atoms with Gasteiger partial charge in [-0.2, -0.15) is 10.4 Å². The summed E-state index contributed by atoms with van der Waals surface area (Å²) in [6, 6.07) is 4.50. The average molecular weight is 443 g/mol. The smallest absolute Gasteiger partial charge is 0.325 e. The quantitative estimate of drug-likeness (QED) is 0.519. The van der Waals surface area contributed by atoms with Crippen LogP contribution >= 0.6 is 0 Å². The van der Waals surface area contributed by atoms with Crippen LogP contribution in [-0.2, 0) is 0 Å². The Morgan fingerprint density at radius 2 is 2.06 bits per heavy atom. The van der Waals surface area contributed by atoms with E-state index in [4.69, 9.17) is 10.00 Å². The van der Waals surface area contributed by atoms with Crippen molar-refractivity contribution in [2.45, 2.75) is 19.0 Å². The van der Waals surface area contributed by atoms with Gasteiger partial charge < -0.3 is 14.6 Å². The number of halogens is 2. The van der Waals surface area contributed by atoms with Crippen molar-refractivity contribution >= 4 is 5.69 Å². The zero-order valence-electron chi connectivity index (χ0n) is 16.5. The molecule has 1 unspecified atom stereocenters. The Hall–Kier alpha value is -4.34. The molecular formula is C19H15F2N7O4. The van der Waals surface area contributed by atoms with E-state index in [1.54, 1.807) is 6.92 Å². The van der Waals surface area contributed by atoms with Crippen molar-refractivity contribution in [1.82, 2.24) is 25.1 Å². The molecule has 1 saturated heterocycles. The Morgan fingerprint density at radius 1 is 1.28 bits per heavy atom. The number of nitrogens with one attached hydrogen (secondary N) is 3. The molecule has 0 bridgehead atoms. The summed E-state index contributed by atoms with van der Waals surface area (Å²) in [5, 5.41) is 14.9. The lowest BCUT2D eigenvalue weighted by Crippen LogP contribution is -2.36. The number of alkyl halides is 2. The van der Waals surface area contributed by atoms with Gasteiger partial charge >= 0.3 is 11.6 Å². The summed E-state index contributed by atoms with van der Waals surface area (Å²) in [5.41, 5.74) is -1.79. The van der Waals surface area contributed by atoms with Gasteiger partial charge in [0.25, 0.3) is 11.1 Å². The molecule has 13 heteroatoms. The number of aromatic nitrogens is 5. The van der Waals surface area contributed by atoms with Crippen LogP contribution < -0.4 is 26.4 Å². The number of rotatable bonds is 4. The second-order valence-corrected chi connectivity index (χ2v) is 7.15. The van der Waals surface area contributed by atoms with Gasteiger partial charge in [-0.05, 0) is 24.6 Å². The molecule has 0 spiro atoms. The van der Waals surface area contributed by atoms with Crippen molar-refractivity contribution in [2.75, 3.05) is 18.0 Å². The first-order chi connectivity index (χ1) is 15.2. The number of anilines is 1. The number of ether oxygens (including phenoxy) is 1. The lowest BCUT2D eigenvalue weighted by atomic mass is 10.2. The van der Waals surface area contributed by atoms with E-state index in [9.17, 15) is 23.2 Å². The first-order valence-corrected chi connectivity index (χ1v) is 9.26. The molecule has 3 aromatic heterocycles. The molecule has 1 aliphatic rings. The number of hydrogen-bond acceptors (Lipinski definition) is 8. The van der Waals surface area contributed by atoms with E-state index in [-0.39, 0.29) is 34.9 Å². The lowest BCUT2D eigenvalue weighted by molar-refractivity contribution is -0.0595. The van der Waals surface area contributed by atoms with Gasteiger partial charge in [0, 0.05) is 6.20 Å². The molecule has 0 saturated carbocycles. The van der Waals surface area contributed by atoms with E-state index in [0.29, 0.717) is 5.56 Å². The number of hydrogen-bond donors (Lipinski definition) is 3. The van der Waals surface area contributed by atoms with E-state index < -0.39 is 35.4 Å². The summed E-state index contributed by atoms with van der Waals surface area (Å²) in [7, 11) is 0. The highest BCUT2D eigenvalue weighted by Crippen LogP contribution is 2.33. The van der Waals surface area contributed by atoms with Gasteiger partial charge in [0.2, 0.25) is 0 Å². The maximum atomic E-state index is 14.7. The third kappa shape index (κ3) is 3.85. The standard InChI is InChI=1S/C19H15F2N7O4/c1-9-2-10(5-23-13(9)4-22)32-15-7-28(8-19(15,20)21)14-3-12(26-27-17(14)30)11-6-24-18(31)25-16(11)29/h2-3,5-6,15H,7-8H2,1H3,(H,27,30)(H2,24,25,29,31). The minimum absolute atomic E-state index is 0.0169. The number of nitriles is 1. The maximum absolute atomic E-state index is 14.7. The highest BCUT2D eigenvalue weighted by atomic mass is 19.3. The summed E-state index contributed by atoms with van der Waals surface area (Å²) in [5.74, 6) is -3.25. The molecule has 1 atom stereocenters. The predicted molar refractivity (Wildman–Crippen MR) is 107 cm³/mol. The van der Waals surface area contributed by atoms with Crippen LogP contribution in [0, 0.1) is 18.3 Å². The topological polar surface area (TPSA) is 161 Å². The predicted octanol–water partition coefficient (Wildman–Crippen LogP) is 0.291. The van der Waals surface area contributed by atoms with Crippen LogP contribution in [0.2, 0.25) is 0 Å². The van der Waals surface area contributed by atoms with Gasteiger partial charge in [-0.25, -0.2) is 23.7 Å². The fourth-order valence-electron chi connectivity index (χ4n) is 3.32. The second-order valence-electron chi connectivity index (χ2n) is 7.15. The summed E-state index contributed by atoms with van der Waals surface area (Å²) < 4.78 is 34.8. The fraction of sp³-hybridized carbons (Fsp3) is 0.263. The first-order valence-electron chi connectivity index (χ1n) is 9.26. The highest BCUT2D eigenvalue weighted by molar-refractivity contribution is 5.62. The number of aromatic amines is 3. The highest BCUT2D eigenvalue weighted by Gasteiger charge is 2.50. The molecule has 3 aromatic rings. The fourth-order valence-corrected chi connectivity index (χ4v) is 3.32. The molecule has 32 heavy (non-hydrogen) atoms. The van der Waals surface area contributed by atoms with Crippen LogP contribution in [0.15, 0.2) is 38.9 Å². The second kappa shape index (κ2) is 7.73. The number of aryl methyl sites for hydroxylation is 1. The van der Waals surface area contributed by atoms with Crippen LogP contribution in [0.5, 0.6) is 5.75 Å². The molecule has 4 heterocycles. The molecule has 0 radical (unpaired) electrons. The summed E-state index contributed by atoms with van der Waals surface area (Å²) in [6.45, 7) is 0.462. The van der Waals surface area contributed by atoms with E-state index >= 15 is 0 Å². The Bertz CT molecular complexity index is 1410. The van der Waals surface area contributed by atoms with Crippen LogP contribution in [-0.4, -0.2) is 50.3 Å². The summed E-state index contributed by atoms with van der Waals surface area (Å²) in [6.07, 6.45) is 0.699. The van der Waals surface area contributed by atoms with Crippen molar-refractivity contribution in [1.29, 1.82) is 5.26 Å². The van der Waals surface area contributed by atoms with Crippen LogP contribution in [0.3, 0.4) is 0 Å². The van der Waals surface area contributed by atoms with E-state index in [1.807, 2.05) is 11.1 Å². The van der Waals surface area contributed by atoms with Crippen molar-refractivity contribution in [3.8, 4) is 23.1 Å². The third-order valence-electron chi connectivity index (χ3n) is 4.92.